The van der Waals surface area contributed by atoms with E-state index in [-0.39, 0.29) is 0 Å². The van der Waals surface area contributed by atoms with Crippen LogP contribution < -0.4 is 10.2 Å². The Morgan fingerprint density at radius 3 is 2.81 bits per heavy atom. The molecule has 1 aromatic carbocycles. The van der Waals surface area contributed by atoms with Crippen molar-refractivity contribution in [2.45, 2.75) is 51.6 Å². The van der Waals surface area contributed by atoms with Crippen LogP contribution in [0.25, 0.3) is 5.70 Å². The molecule has 0 saturated heterocycles. The molecule has 3 nitrogen and oxygen atoms in total. The Labute approximate surface area is 162 Å². The van der Waals surface area contributed by atoms with E-state index >= 15 is 0 Å². The number of benzene rings is 1. The molecule has 0 spiro atoms. The van der Waals surface area contributed by atoms with Gasteiger partial charge < -0.3 is 14.6 Å². The summed E-state index contributed by atoms with van der Waals surface area (Å²) in [6, 6.07) is 13.3. The van der Waals surface area contributed by atoms with E-state index in [2.05, 4.69) is 59.6 Å². The predicted octanol–water partition coefficient (Wildman–Crippen LogP) is 5.76. The predicted molar refractivity (Wildman–Crippen MR) is 112 cm³/mol. The van der Waals surface area contributed by atoms with Crippen LogP contribution in [0.3, 0.4) is 0 Å². The minimum absolute atomic E-state index is 0.558. The van der Waals surface area contributed by atoms with Gasteiger partial charge in [-0.3, -0.25) is 0 Å². The lowest BCUT2D eigenvalue weighted by atomic mass is 9.99. The van der Waals surface area contributed by atoms with Crippen molar-refractivity contribution < 1.29 is 4.42 Å². The first kappa shape index (κ1) is 18.1. The molecular weight excluding hydrogens is 332 g/mol. The zero-order chi connectivity index (χ0) is 18.5. The van der Waals surface area contributed by atoms with Crippen molar-refractivity contribution in [2.24, 2.45) is 5.92 Å². The summed E-state index contributed by atoms with van der Waals surface area (Å²) in [5.74, 6) is 1.83. The Kier molecular flexibility index (Phi) is 5.78. The number of nitrogens with zero attached hydrogens (tertiary/aromatic N) is 1. The number of anilines is 1. The number of furan rings is 1. The number of nitrogens with one attached hydrogen (secondary N) is 1. The summed E-state index contributed by atoms with van der Waals surface area (Å²) < 4.78 is 5.68. The highest BCUT2D eigenvalue weighted by atomic mass is 16.3. The molecule has 1 atom stereocenters. The first-order chi connectivity index (χ1) is 13.3. The minimum Gasteiger partial charge on any atom is -0.463 e. The maximum absolute atomic E-state index is 5.68. The lowest BCUT2D eigenvalue weighted by Gasteiger charge is -2.29. The number of allylic oxidation sites excluding steroid dienone is 2. The van der Waals surface area contributed by atoms with Crippen LogP contribution >= 0.6 is 0 Å². The summed E-state index contributed by atoms with van der Waals surface area (Å²) >= 11 is 0. The molecule has 27 heavy (non-hydrogen) atoms. The molecule has 0 amide bonds. The van der Waals surface area contributed by atoms with E-state index < -0.39 is 0 Å². The van der Waals surface area contributed by atoms with E-state index in [4.69, 9.17) is 4.42 Å². The second-order valence-corrected chi connectivity index (χ2v) is 7.86. The maximum Gasteiger partial charge on any atom is 0.150 e. The summed E-state index contributed by atoms with van der Waals surface area (Å²) in [7, 11) is 0. The van der Waals surface area contributed by atoms with Crippen molar-refractivity contribution >= 4 is 11.4 Å². The van der Waals surface area contributed by atoms with Crippen LogP contribution in [-0.2, 0) is 6.54 Å². The van der Waals surface area contributed by atoms with Gasteiger partial charge in [-0.05, 0) is 49.1 Å². The average Bonchev–Trinajstić information content (AvgIpc) is 3.41. The standard InChI is InChI=1S/C24H30N2O/c1-19(17-20-9-2-3-10-20)25-18-21-11-4-5-12-22(21)26-15-7-6-13-23(26)24-14-8-16-27-24/h4-8,11-14,16,19-20,25H,2-3,9-10,15,17-18H2,1H3/t19-/m0/s1. The van der Waals surface area contributed by atoms with Gasteiger partial charge >= 0.3 is 0 Å². The fraction of sp³-hybridized carbons (Fsp3) is 0.417. The van der Waals surface area contributed by atoms with E-state index in [0.717, 1.165) is 30.5 Å². The maximum atomic E-state index is 5.68. The second kappa shape index (κ2) is 8.62. The van der Waals surface area contributed by atoms with Crippen molar-refractivity contribution in [1.82, 2.24) is 5.32 Å². The molecule has 142 valence electrons. The quantitative estimate of drug-likeness (QED) is 0.679. The molecule has 0 bridgehead atoms. The molecule has 3 heteroatoms. The molecule has 4 rings (SSSR count). The van der Waals surface area contributed by atoms with E-state index in [1.54, 1.807) is 6.26 Å². The molecule has 0 unspecified atom stereocenters. The Morgan fingerprint density at radius 1 is 1.15 bits per heavy atom. The third-order valence-corrected chi connectivity index (χ3v) is 5.83. The second-order valence-electron chi connectivity index (χ2n) is 7.86. The van der Waals surface area contributed by atoms with Crippen molar-refractivity contribution in [3.05, 3.63) is 72.2 Å². The lowest BCUT2D eigenvalue weighted by Crippen LogP contribution is -2.29. The third kappa shape index (κ3) is 4.36. The summed E-state index contributed by atoms with van der Waals surface area (Å²) in [5.41, 5.74) is 3.71. The van der Waals surface area contributed by atoms with Gasteiger partial charge in [0.25, 0.3) is 0 Å². The highest BCUT2D eigenvalue weighted by molar-refractivity contribution is 5.81. The monoisotopic (exact) mass is 362 g/mol. The fourth-order valence-corrected chi connectivity index (χ4v) is 4.42. The van der Waals surface area contributed by atoms with Gasteiger partial charge in [-0.15, -0.1) is 0 Å². The lowest BCUT2D eigenvalue weighted by molar-refractivity contribution is 0.404. The van der Waals surface area contributed by atoms with Gasteiger partial charge in [-0.2, -0.15) is 0 Å². The van der Waals surface area contributed by atoms with Crippen LogP contribution in [0.2, 0.25) is 0 Å². The molecule has 1 N–H and O–H groups in total. The first-order valence-corrected chi connectivity index (χ1v) is 10.3. The largest absolute Gasteiger partial charge is 0.463 e. The Hall–Kier alpha value is -2.26. The zero-order valence-corrected chi connectivity index (χ0v) is 16.2. The topological polar surface area (TPSA) is 28.4 Å². The van der Waals surface area contributed by atoms with Gasteiger partial charge in [-0.25, -0.2) is 0 Å². The van der Waals surface area contributed by atoms with Gasteiger partial charge in [0.15, 0.2) is 0 Å². The zero-order valence-electron chi connectivity index (χ0n) is 16.2. The third-order valence-electron chi connectivity index (χ3n) is 5.83. The molecule has 2 heterocycles. The van der Waals surface area contributed by atoms with Gasteiger partial charge in [0, 0.05) is 24.8 Å². The molecule has 1 fully saturated rings. The van der Waals surface area contributed by atoms with E-state index in [0.29, 0.717) is 6.04 Å². The smallest absolute Gasteiger partial charge is 0.150 e. The van der Waals surface area contributed by atoms with Crippen molar-refractivity contribution in [3.8, 4) is 0 Å². The van der Waals surface area contributed by atoms with Crippen LogP contribution in [0.15, 0.2) is 65.3 Å². The van der Waals surface area contributed by atoms with Crippen molar-refractivity contribution in [1.29, 1.82) is 0 Å². The van der Waals surface area contributed by atoms with Gasteiger partial charge in [-0.1, -0.05) is 56.0 Å². The summed E-state index contributed by atoms with van der Waals surface area (Å²) in [5, 5.41) is 3.77. The van der Waals surface area contributed by atoms with Gasteiger partial charge in [0.1, 0.15) is 5.76 Å². The number of para-hydroxylation sites is 1. The van der Waals surface area contributed by atoms with Crippen LogP contribution in [0.4, 0.5) is 5.69 Å². The van der Waals surface area contributed by atoms with Crippen LogP contribution in [0.1, 0.15) is 50.4 Å². The van der Waals surface area contributed by atoms with Crippen LogP contribution in [0, 0.1) is 5.92 Å². The summed E-state index contributed by atoms with van der Waals surface area (Å²) in [6.45, 7) is 4.09. The molecular formula is C24H30N2O. The summed E-state index contributed by atoms with van der Waals surface area (Å²) in [4.78, 5) is 2.34. The number of hydrogen-bond donors (Lipinski definition) is 1. The van der Waals surface area contributed by atoms with E-state index in [1.807, 2.05) is 12.1 Å². The van der Waals surface area contributed by atoms with E-state index in [9.17, 15) is 0 Å². The molecule has 1 aliphatic carbocycles. The molecule has 1 aromatic heterocycles. The molecule has 1 saturated carbocycles. The van der Waals surface area contributed by atoms with E-state index in [1.165, 1.54) is 43.4 Å². The summed E-state index contributed by atoms with van der Waals surface area (Å²) in [6.07, 6.45) is 15.2. The Bertz CT molecular complexity index is 784. The molecule has 1 aliphatic heterocycles. The molecule has 2 aliphatic rings. The fourth-order valence-electron chi connectivity index (χ4n) is 4.42. The minimum atomic E-state index is 0.558. The Balaban J connectivity index is 1.47. The SMILES string of the molecule is C[C@@H](CC1CCCC1)NCc1ccccc1N1CC=CC=C1c1ccco1. The average molecular weight is 363 g/mol. The highest BCUT2D eigenvalue weighted by Crippen LogP contribution is 2.32. The highest BCUT2D eigenvalue weighted by Gasteiger charge is 2.20. The van der Waals surface area contributed by atoms with Crippen LogP contribution in [-0.4, -0.2) is 12.6 Å². The molecule has 2 aromatic rings. The normalized spacial score (nSPS) is 18.7. The molecule has 0 radical (unpaired) electrons. The van der Waals surface area contributed by atoms with Gasteiger partial charge in [0.05, 0.1) is 12.0 Å². The van der Waals surface area contributed by atoms with Crippen molar-refractivity contribution in [3.63, 3.8) is 0 Å². The van der Waals surface area contributed by atoms with Crippen molar-refractivity contribution in [2.75, 3.05) is 11.4 Å². The number of rotatable bonds is 7. The van der Waals surface area contributed by atoms with Crippen LogP contribution in [0.5, 0.6) is 0 Å². The Morgan fingerprint density at radius 2 is 2.00 bits per heavy atom. The first-order valence-electron chi connectivity index (χ1n) is 10.3. The number of hydrogen-bond acceptors (Lipinski definition) is 3. The van der Waals surface area contributed by atoms with Gasteiger partial charge in [0.2, 0.25) is 0 Å².